The number of hydrogen-bond acceptors (Lipinski definition) is 3. The zero-order valence-corrected chi connectivity index (χ0v) is 9.39. The van der Waals surface area contributed by atoms with Crippen molar-refractivity contribution in [3.05, 3.63) is 24.3 Å². The van der Waals surface area contributed by atoms with Crippen LogP contribution < -0.4 is 5.32 Å². The third-order valence-electron chi connectivity index (χ3n) is 1.79. The molecule has 0 spiro atoms. The molecule has 1 amide bonds. The molecule has 0 unspecified atom stereocenters. The summed E-state index contributed by atoms with van der Waals surface area (Å²) in [5.41, 5.74) is -0.391. The number of amides is 1. The number of alkyl halides is 3. The van der Waals surface area contributed by atoms with Crippen LogP contribution in [-0.2, 0) is 14.6 Å². The number of nitrogens with one attached hydrogen (secondary N) is 1. The van der Waals surface area contributed by atoms with Gasteiger partial charge in [0.1, 0.15) is 0 Å². The fourth-order valence-corrected chi connectivity index (χ4v) is 1.93. The first-order valence-electron chi connectivity index (χ1n) is 4.29. The summed E-state index contributed by atoms with van der Waals surface area (Å²) >= 11 is 0. The highest BCUT2D eigenvalue weighted by molar-refractivity contribution is 7.90. The van der Waals surface area contributed by atoms with Crippen molar-refractivity contribution in [3.8, 4) is 0 Å². The maximum absolute atomic E-state index is 12.0. The second-order valence-corrected chi connectivity index (χ2v) is 5.20. The Balaban J connectivity index is 3.13. The van der Waals surface area contributed by atoms with Gasteiger partial charge in [0.2, 0.25) is 0 Å². The Morgan fingerprint density at radius 3 is 2.24 bits per heavy atom. The number of carbonyl (C=O) groups excluding carboxylic acids is 1. The number of anilines is 1. The average Bonchev–Trinajstić information content (AvgIpc) is 2.15. The highest BCUT2D eigenvalue weighted by atomic mass is 32.2. The van der Waals surface area contributed by atoms with E-state index in [1.165, 1.54) is 17.4 Å². The average molecular weight is 267 g/mol. The van der Waals surface area contributed by atoms with Gasteiger partial charge in [0.15, 0.2) is 9.84 Å². The van der Waals surface area contributed by atoms with E-state index in [2.05, 4.69) is 0 Å². The lowest BCUT2D eigenvalue weighted by molar-refractivity contribution is -0.167. The van der Waals surface area contributed by atoms with Crippen LogP contribution in [0.2, 0.25) is 0 Å². The van der Waals surface area contributed by atoms with Crippen LogP contribution in [0.15, 0.2) is 29.2 Å². The molecule has 0 aliphatic rings. The van der Waals surface area contributed by atoms with E-state index in [0.717, 1.165) is 18.4 Å². The molecule has 0 saturated carbocycles. The van der Waals surface area contributed by atoms with Gasteiger partial charge < -0.3 is 5.32 Å². The first kappa shape index (κ1) is 13.5. The molecule has 0 fully saturated rings. The van der Waals surface area contributed by atoms with Crippen molar-refractivity contribution in [2.45, 2.75) is 11.1 Å². The van der Waals surface area contributed by atoms with E-state index in [1.54, 1.807) is 0 Å². The fraction of sp³-hybridized carbons (Fsp3) is 0.222. The Kier molecular flexibility index (Phi) is 3.46. The van der Waals surface area contributed by atoms with Gasteiger partial charge in [-0.25, -0.2) is 8.42 Å². The molecule has 0 atom stereocenters. The Morgan fingerprint density at radius 1 is 1.24 bits per heavy atom. The summed E-state index contributed by atoms with van der Waals surface area (Å²) in [6.07, 6.45) is -4.23. The van der Waals surface area contributed by atoms with Gasteiger partial charge in [-0.2, -0.15) is 13.2 Å². The summed E-state index contributed by atoms with van der Waals surface area (Å²) in [5.74, 6) is -2.21. The maximum Gasteiger partial charge on any atom is 0.471 e. The SMILES string of the molecule is CS(=O)(=O)c1ccccc1NC(=O)C(F)(F)F. The van der Waals surface area contributed by atoms with Crippen LogP contribution in [0.1, 0.15) is 0 Å². The van der Waals surface area contributed by atoms with Gasteiger partial charge in [-0.3, -0.25) is 4.79 Å². The molecule has 0 radical (unpaired) electrons. The van der Waals surface area contributed by atoms with Crippen LogP contribution in [-0.4, -0.2) is 26.8 Å². The van der Waals surface area contributed by atoms with Gasteiger partial charge in [-0.15, -0.1) is 0 Å². The number of halogens is 3. The van der Waals surface area contributed by atoms with Crippen LogP contribution >= 0.6 is 0 Å². The summed E-state index contributed by atoms with van der Waals surface area (Å²) in [6.45, 7) is 0. The van der Waals surface area contributed by atoms with Crippen LogP contribution in [0, 0.1) is 0 Å². The Labute approximate surface area is 95.4 Å². The third-order valence-corrected chi connectivity index (χ3v) is 2.95. The van der Waals surface area contributed by atoms with Gasteiger partial charge in [-0.05, 0) is 12.1 Å². The summed E-state index contributed by atoms with van der Waals surface area (Å²) in [6, 6.07) is 4.86. The first-order valence-corrected chi connectivity index (χ1v) is 6.19. The van der Waals surface area contributed by atoms with Crippen molar-refractivity contribution in [2.24, 2.45) is 0 Å². The standard InChI is InChI=1S/C9H8F3NO3S/c1-17(15,16)7-5-3-2-4-6(7)13-8(14)9(10,11)12/h2-5H,1H3,(H,13,14). The molecule has 1 rings (SSSR count). The number of para-hydroxylation sites is 1. The van der Waals surface area contributed by atoms with Crippen molar-refractivity contribution in [1.82, 2.24) is 0 Å². The van der Waals surface area contributed by atoms with E-state index in [1.807, 2.05) is 0 Å². The molecule has 1 N–H and O–H groups in total. The lowest BCUT2D eigenvalue weighted by Gasteiger charge is -2.10. The van der Waals surface area contributed by atoms with Crippen molar-refractivity contribution in [3.63, 3.8) is 0 Å². The van der Waals surface area contributed by atoms with Crippen molar-refractivity contribution < 1.29 is 26.4 Å². The van der Waals surface area contributed by atoms with Gasteiger partial charge in [0, 0.05) is 6.26 Å². The van der Waals surface area contributed by atoms with E-state index >= 15 is 0 Å². The van der Waals surface area contributed by atoms with Crippen LogP contribution in [0.4, 0.5) is 18.9 Å². The predicted octanol–water partition coefficient (Wildman–Crippen LogP) is 1.59. The number of carbonyl (C=O) groups is 1. The number of rotatable bonds is 2. The van der Waals surface area contributed by atoms with Crippen LogP contribution in [0.3, 0.4) is 0 Å². The highest BCUT2D eigenvalue weighted by Crippen LogP contribution is 2.23. The van der Waals surface area contributed by atoms with Gasteiger partial charge in [0.05, 0.1) is 10.6 Å². The van der Waals surface area contributed by atoms with E-state index in [4.69, 9.17) is 0 Å². The molecule has 1 aromatic carbocycles. The fourth-order valence-electron chi connectivity index (χ4n) is 1.09. The van der Waals surface area contributed by atoms with Crippen LogP contribution in [0.5, 0.6) is 0 Å². The molecule has 94 valence electrons. The zero-order valence-electron chi connectivity index (χ0n) is 8.58. The molecule has 4 nitrogen and oxygen atoms in total. The number of benzene rings is 1. The Bertz CT molecular complexity index is 537. The molecule has 0 heterocycles. The third kappa shape index (κ3) is 3.45. The number of sulfone groups is 1. The Hall–Kier alpha value is -1.57. The molecule has 0 aliphatic carbocycles. The summed E-state index contributed by atoms with van der Waals surface area (Å²) in [5, 5.41) is 1.51. The smallest absolute Gasteiger partial charge is 0.317 e. The van der Waals surface area contributed by atoms with E-state index in [-0.39, 0.29) is 4.90 Å². The molecule has 17 heavy (non-hydrogen) atoms. The number of hydrogen-bond donors (Lipinski definition) is 1. The first-order chi connectivity index (χ1) is 7.62. The van der Waals surface area contributed by atoms with Crippen molar-refractivity contribution in [1.29, 1.82) is 0 Å². The monoisotopic (exact) mass is 267 g/mol. The largest absolute Gasteiger partial charge is 0.471 e. The lowest BCUT2D eigenvalue weighted by Crippen LogP contribution is -2.30. The molecule has 0 bridgehead atoms. The molecule has 0 aliphatic heterocycles. The highest BCUT2D eigenvalue weighted by Gasteiger charge is 2.39. The maximum atomic E-state index is 12.0. The van der Waals surface area contributed by atoms with Crippen molar-refractivity contribution in [2.75, 3.05) is 11.6 Å². The summed E-state index contributed by atoms with van der Waals surface area (Å²) in [7, 11) is -3.71. The molecule has 8 heteroatoms. The van der Waals surface area contributed by atoms with Gasteiger partial charge >= 0.3 is 12.1 Å². The Morgan fingerprint density at radius 2 is 1.76 bits per heavy atom. The topological polar surface area (TPSA) is 63.2 Å². The van der Waals surface area contributed by atoms with Crippen molar-refractivity contribution >= 4 is 21.4 Å². The summed E-state index contributed by atoms with van der Waals surface area (Å²) < 4.78 is 58.5. The normalized spacial score (nSPS) is 12.2. The van der Waals surface area contributed by atoms with Gasteiger partial charge in [0.25, 0.3) is 0 Å². The second-order valence-electron chi connectivity index (χ2n) is 3.22. The molecular weight excluding hydrogens is 259 g/mol. The summed E-state index contributed by atoms with van der Waals surface area (Å²) in [4.78, 5) is 10.3. The zero-order chi connectivity index (χ0) is 13.3. The lowest BCUT2D eigenvalue weighted by atomic mass is 10.3. The molecule has 0 aromatic heterocycles. The molecule has 0 saturated heterocycles. The van der Waals surface area contributed by atoms with Gasteiger partial charge in [-0.1, -0.05) is 12.1 Å². The predicted molar refractivity (Wildman–Crippen MR) is 54.2 cm³/mol. The van der Waals surface area contributed by atoms with E-state index in [0.29, 0.717) is 0 Å². The van der Waals surface area contributed by atoms with Crippen LogP contribution in [0.25, 0.3) is 0 Å². The quantitative estimate of drug-likeness (QED) is 0.885. The minimum atomic E-state index is -5.06. The molecular formula is C9H8F3NO3S. The molecule has 1 aromatic rings. The minimum absolute atomic E-state index is 0.363. The minimum Gasteiger partial charge on any atom is -0.317 e. The second kappa shape index (κ2) is 4.36. The van der Waals surface area contributed by atoms with E-state index in [9.17, 15) is 26.4 Å². The van der Waals surface area contributed by atoms with E-state index < -0.39 is 27.6 Å².